The van der Waals surface area contributed by atoms with Gasteiger partial charge in [0.2, 0.25) is 5.91 Å². The predicted octanol–water partition coefficient (Wildman–Crippen LogP) is 1.68. The van der Waals surface area contributed by atoms with Gasteiger partial charge in [-0.15, -0.1) is 11.3 Å². The zero-order valence-corrected chi connectivity index (χ0v) is 9.48. The molecule has 72 valence electrons. The van der Waals surface area contributed by atoms with Gasteiger partial charge in [-0.2, -0.15) is 0 Å². The highest BCUT2D eigenvalue weighted by molar-refractivity contribution is 9.11. The molecule has 5 heteroatoms. The molecule has 0 aliphatic rings. The van der Waals surface area contributed by atoms with Gasteiger partial charge in [0.05, 0.1) is 9.83 Å². The summed E-state index contributed by atoms with van der Waals surface area (Å²) in [5, 5.41) is 11.2. The molecule has 0 aliphatic carbocycles. The van der Waals surface area contributed by atoms with E-state index in [1.807, 2.05) is 19.1 Å². The first-order chi connectivity index (χ1) is 6.13. The first-order valence-corrected chi connectivity index (χ1v) is 5.40. The highest BCUT2D eigenvalue weighted by atomic mass is 79.9. The van der Waals surface area contributed by atoms with Gasteiger partial charge >= 0.3 is 0 Å². The molecule has 0 aliphatic heterocycles. The standard InChI is InChI=1S/C8H10BrNO2S/c1-5(10-8(12)4-11)6-2-3-7(9)13-6/h2-3,5,11H,4H2,1H3,(H,10,12)/t5-/m1/s1. The van der Waals surface area contributed by atoms with E-state index < -0.39 is 6.61 Å². The van der Waals surface area contributed by atoms with E-state index in [9.17, 15) is 4.79 Å². The van der Waals surface area contributed by atoms with Crippen LogP contribution >= 0.6 is 27.3 Å². The number of halogens is 1. The van der Waals surface area contributed by atoms with Crippen LogP contribution in [0.1, 0.15) is 17.8 Å². The molecule has 1 rings (SSSR count). The van der Waals surface area contributed by atoms with Crippen molar-refractivity contribution in [3.63, 3.8) is 0 Å². The molecule has 1 aromatic heterocycles. The third kappa shape index (κ3) is 3.10. The van der Waals surface area contributed by atoms with Crippen molar-refractivity contribution in [3.05, 3.63) is 20.8 Å². The molecule has 0 saturated heterocycles. The van der Waals surface area contributed by atoms with Crippen molar-refractivity contribution in [2.24, 2.45) is 0 Å². The summed E-state index contributed by atoms with van der Waals surface area (Å²) in [6.07, 6.45) is 0. The van der Waals surface area contributed by atoms with E-state index in [0.29, 0.717) is 0 Å². The highest BCUT2D eigenvalue weighted by Crippen LogP contribution is 2.26. The fourth-order valence-corrected chi connectivity index (χ4v) is 2.35. The topological polar surface area (TPSA) is 49.3 Å². The average Bonchev–Trinajstić information content (AvgIpc) is 2.51. The van der Waals surface area contributed by atoms with Gasteiger partial charge in [-0.05, 0) is 35.0 Å². The number of carbonyl (C=O) groups is 1. The molecule has 0 bridgehead atoms. The van der Waals surface area contributed by atoms with Crippen LogP contribution in [-0.2, 0) is 4.79 Å². The number of nitrogens with one attached hydrogen (secondary N) is 1. The second kappa shape index (κ2) is 4.74. The van der Waals surface area contributed by atoms with Crippen molar-refractivity contribution in [2.75, 3.05) is 6.61 Å². The van der Waals surface area contributed by atoms with E-state index in [1.165, 1.54) is 0 Å². The van der Waals surface area contributed by atoms with Crippen molar-refractivity contribution in [1.29, 1.82) is 0 Å². The lowest BCUT2D eigenvalue weighted by atomic mass is 10.3. The van der Waals surface area contributed by atoms with Crippen LogP contribution in [0.5, 0.6) is 0 Å². The Bertz CT molecular complexity index is 300. The fourth-order valence-electron chi connectivity index (χ4n) is 0.919. The van der Waals surface area contributed by atoms with E-state index in [-0.39, 0.29) is 11.9 Å². The Kier molecular flexibility index (Phi) is 3.90. The van der Waals surface area contributed by atoms with Crippen LogP contribution in [-0.4, -0.2) is 17.6 Å². The largest absolute Gasteiger partial charge is 0.387 e. The van der Waals surface area contributed by atoms with Crippen LogP contribution in [0.3, 0.4) is 0 Å². The molecule has 0 saturated carbocycles. The quantitative estimate of drug-likeness (QED) is 0.872. The minimum atomic E-state index is -0.461. The summed E-state index contributed by atoms with van der Waals surface area (Å²) in [5.41, 5.74) is 0. The van der Waals surface area contributed by atoms with Gasteiger partial charge in [-0.1, -0.05) is 0 Å². The Morgan fingerprint density at radius 2 is 2.46 bits per heavy atom. The third-order valence-electron chi connectivity index (χ3n) is 1.54. The molecule has 2 N–H and O–H groups in total. The van der Waals surface area contributed by atoms with Crippen LogP contribution in [0.15, 0.2) is 15.9 Å². The molecule has 1 amide bonds. The predicted molar refractivity (Wildman–Crippen MR) is 55.7 cm³/mol. The smallest absolute Gasteiger partial charge is 0.246 e. The highest BCUT2D eigenvalue weighted by Gasteiger charge is 2.09. The lowest BCUT2D eigenvalue weighted by molar-refractivity contribution is -0.124. The minimum Gasteiger partial charge on any atom is -0.387 e. The Hall–Kier alpha value is -0.390. The molecule has 1 atom stereocenters. The number of amides is 1. The van der Waals surface area contributed by atoms with Crippen LogP contribution < -0.4 is 5.32 Å². The van der Waals surface area contributed by atoms with Gasteiger partial charge < -0.3 is 10.4 Å². The Morgan fingerprint density at radius 3 is 2.92 bits per heavy atom. The van der Waals surface area contributed by atoms with Gasteiger partial charge in [-0.25, -0.2) is 0 Å². The van der Waals surface area contributed by atoms with Crippen molar-refractivity contribution in [1.82, 2.24) is 5.32 Å². The zero-order valence-electron chi connectivity index (χ0n) is 7.08. The summed E-state index contributed by atoms with van der Waals surface area (Å²) in [6.45, 7) is 1.42. The van der Waals surface area contributed by atoms with Gasteiger partial charge in [-0.3, -0.25) is 4.79 Å². The molecule has 1 heterocycles. The van der Waals surface area contributed by atoms with E-state index in [0.717, 1.165) is 8.66 Å². The van der Waals surface area contributed by atoms with Crippen LogP contribution in [0.2, 0.25) is 0 Å². The number of aliphatic hydroxyl groups excluding tert-OH is 1. The first-order valence-electron chi connectivity index (χ1n) is 3.79. The Morgan fingerprint density at radius 1 is 1.77 bits per heavy atom. The minimum absolute atomic E-state index is 0.0454. The van der Waals surface area contributed by atoms with E-state index in [2.05, 4.69) is 21.2 Å². The lowest BCUT2D eigenvalue weighted by Gasteiger charge is -2.10. The molecule has 0 unspecified atom stereocenters. The number of rotatable bonds is 3. The average molecular weight is 264 g/mol. The van der Waals surface area contributed by atoms with E-state index >= 15 is 0 Å². The molecule has 0 radical (unpaired) electrons. The normalized spacial score (nSPS) is 12.5. The Balaban J connectivity index is 2.58. The maximum absolute atomic E-state index is 10.8. The lowest BCUT2D eigenvalue weighted by Crippen LogP contribution is -2.28. The van der Waals surface area contributed by atoms with Crippen molar-refractivity contribution in [3.8, 4) is 0 Å². The molecule has 0 aromatic carbocycles. The number of carbonyl (C=O) groups excluding carboxylic acids is 1. The van der Waals surface area contributed by atoms with Crippen molar-refractivity contribution >= 4 is 33.2 Å². The summed E-state index contributed by atoms with van der Waals surface area (Å²) in [5.74, 6) is -0.350. The molecule has 13 heavy (non-hydrogen) atoms. The number of aliphatic hydroxyl groups is 1. The summed E-state index contributed by atoms with van der Waals surface area (Å²) in [7, 11) is 0. The van der Waals surface area contributed by atoms with Crippen LogP contribution in [0.25, 0.3) is 0 Å². The summed E-state index contributed by atoms with van der Waals surface area (Å²) in [6, 6.07) is 3.83. The van der Waals surface area contributed by atoms with Gasteiger partial charge in [0.15, 0.2) is 0 Å². The van der Waals surface area contributed by atoms with Crippen molar-refractivity contribution in [2.45, 2.75) is 13.0 Å². The monoisotopic (exact) mass is 263 g/mol. The maximum atomic E-state index is 10.8. The zero-order chi connectivity index (χ0) is 9.84. The summed E-state index contributed by atoms with van der Waals surface area (Å²) >= 11 is 4.91. The molecular formula is C8H10BrNO2S. The van der Waals surface area contributed by atoms with Gasteiger partial charge in [0, 0.05) is 4.88 Å². The fraction of sp³-hybridized carbons (Fsp3) is 0.375. The maximum Gasteiger partial charge on any atom is 0.246 e. The van der Waals surface area contributed by atoms with Gasteiger partial charge in [0.25, 0.3) is 0 Å². The van der Waals surface area contributed by atoms with Crippen LogP contribution in [0, 0.1) is 0 Å². The van der Waals surface area contributed by atoms with Gasteiger partial charge in [0.1, 0.15) is 6.61 Å². The Labute approximate surface area is 88.9 Å². The molecule has 0 fully saturated rings. The third-order valence-corrected chi connectivity index (χ3v) is 3.35. The number of hydrogen-bond acceptors (Lipinski definition) is 3. The number of thiophene rings is 1. The second-order valence-corrected chi connectivity index (χ2v) is 5.08. The molecule has 0 spiro atoms. The molecule has 1 aromatic rings. The SMILES string of the molecule is C[C@@H](NC(=O)CO)c1ccc(Br)s1. The van der Waals surface area contributed by atoms with E-state index in [1.54, 1.807) is 11.3 Å². The molecular weight excluding hydrogens is 254 g/mol. The number of hydrogen-bond donors (Lipinski definition) is 2. The molecule has 3 nitrogen and oxygen atoms in total. The van der Waals surface area contributed by atoms with E-state index in [4.69, 9.17) is 5.11 Å². The summed E-state index contributed by atoms with van der Waals surface area (Å²) < 4.78 is 1.03. The van der Waals surface area contributed by atoms with Crippen molar-refractivity contribution < 1.29 is 9.90 Å². The first kappa shape index (κ1) is 10.7. The second-order valence-electron chi connectivity index (χ2n) is 2.59. The summed E-state index contributed by atoms with van der Waals surface area (Å²) in [4.78, 5) is 11.9. The van der Waals surface area contributed by atoms with Crippen LogP contribution in [0.4, 0.5) is 0 Å².